The van der Waals surface area contributed by atoms with Gasteiger partial charge in [0.2, 0.25) is 5.91 Å². The molecule has 3 rings (SSSR count). The van der Waals surface area contributed by atoms with E-state index in [9.17, 15) is 4.79 Å². The summed E-state index contributed by atoms with van der Waals surface area (Å²) in [4.78, 5) is 17.2. The molecule has 2 aliphatic heterocycles. The molecule has 0 aromatic heterocycles. The van der Waals surface area contributed by atoms with Crippen LogP contribution in [0.3, 0.4) is 0 Å². The van der Waals surface area contributed by atoms with Crippen LogP contribution in [0.25, 0.3) is 0 Å². The number of hydrogen-bond acceptors (Lipinski definition) is 3. The van der Waals surface area contributed by atoms with Gasteiger partial charge in [0.1, 0.15) is 0 Å². The van der Waals surface area contributed by atoms with E-state index in [1.165, 1.54) is 12.8 Å². The molecule has 1 saturated carbocycles. The quantitative estimate of drug-likeness (QED) is 0.772. The first-order valence-corrected chi connectivity index (χ1v) is 8.00. The number of hydrogen-bond donors (Lipinski definition) is 1. The number of rotatable bonds is 4. The Morgan fingerprint density at radius 2 is 2.05 bits per heavy atom. The molecular weight excluding hydrogens is 250 g/mol. The van der Waals surface area contributed by atoms with Crippen molar-refractivity contribution in [1.82, 2.24) is 15.1 Å². The van der Waals surface area contributed by atoms with Crippen LogP contribution in [0.15, 0.2) is 0 Å². The maximum atomic E-state index is 12.5. The van der Waals surface area contributed by atoms with Crippen LogP contribution in [0.4, 0.5) is 0 Å². The number of likely N-dealkylation sites (tertiary alicyclic amines) is 2. The van der Waals surface area contributed by atoms with Gasteiger partial charge in [0.15, 0.2) is 0 Å². The van der Waals surface area contributed by atoms with E-state index >= 15 is 0 Å². The molecular formula is C16H25N3O. The molecule has 2 heterocycles. The first kappa shape index (κ1) is 13.9. The molecule has 1 N–H and O–H groups in total. The number of amides is 1. The minimum absolute atomic E-state index is 0.00484. The zero-order valence-electron chi connectivity index (χ0n) is 12.2. The molecule has 0 spiro atoms. The number of carbonyl (C=O) groups excluding carboxylic acids is 1. The summed E-state index contributed by atoms with van der Waals surface area (Å²) < 4.78 is 0. The molecule has 1 aliphatic carbocycles. The van der Waals surface area contributed by atoms with E-state index in [0.717, 1.165) is 51.4 Å². The average molecular weight is 275 g/mol. The predicted octanol–water partition coefficient (Wildman–Crippen LogP) is 0.827. The maximum Gasteiger partial charge on any atom is 0.237 e. The van der Waals surface area contributed by atoms with Crippen LogP contribution < -0.4 is 5.32 Å². The minimum Gasteiger partial charge on any atom is -0.351 e. The van der Waals surface area contributed by atoms with Gasteiger partial charge in [-0.3, -0.25) is 14.6 Å². The molecule has 1 amide bonds. The molecule has 0 radical (unpaired) electrons. The predicted molar refractivity (Wildman–Crippen MR) is 79.2 cm³/mol. The minimum atomic E-state index is -0.00484. The Bertz CT molecular complexity index is 399. The number of piperidine rings is 1. The van der Waals surface area contributed by atoms with E-state index in [0.29, 0.717) is 12.6 Å². The third kappa shape index (κ3) is 3.16. The highest BCUT2D eigenvalue weighted by Crippen LogP contribution is 2.29. The van der Waals surface area contributed by atoms with Gasteiger partial charge in [-0.05, 0) is 38.6 Å². The molecule has 20 heavy (non-hydrogen) atoms. The number of nitrogens with one attached hydrogen (secondary N) is 1. The Hall–Kier alpha value is -1.05. The summed E-state index contributed by atoms with van der Waals surface area (Å²) in [6.07, 6.45) is 12.5. The van der Waals surface area contributed by atoms with E-state index in [1.807, 2.05) is 0 Å². The first-order chi connectivity index (χ1) is 9.78. The van der Waals surface area contributed by atoms with Crippen molar-refractivity contribution in [1.29, 1.82) is 0 Å². The van der Waals surface area contributed by atoms with Gasteiger partial charge in [-0.2, -0.15) is 0 Å². The summed E-state index contributed by atoms with van der Waals surface area (Å²) in [7, 11) is 0. The molecule has 0 aromatic carbocycles. The lowest BCUT2D eigenvalue weighted by Gasteiger charge is -2.33. The average Bonchev–Trinajstić information content (AvgIpc) is 3.20. The highest BCUT2D eigenvalue weighted by molar-refractivity contribution is 5.82. The Labute approximate surface area is 121 Å². The highest BCUT2D eigenvalue weighted by Gasteiger charge is 2.36. The Balaban J connectivity index is 1.51. The fourth-order valence-corrected chi connectivity index (χ4v) is 3.57. The van der Waals surface area contributed by atoms with E-state index < -0.39 is 0 Å². The van der Waals surface area contributed by atoms with Gasteiger partial charge in [0, 0.05) is 25.2 Å². The van der Waals surface area contributed by atoms with Crippen LogP contribution in [0.5, 0.6) is 0 Å². The second kappa shape index (κ2) is 6.15. The van der Waals surface area contributed by atoms with Crippen molar-refractivity contribution in [2.24, 2.45) is 0 Å². The normalized spacial score (nSPS) is 31.9. The summed E-state index contributed by atoms with van der Waals surface area (Å²) in [6.45, 7) is 3.74. The molecule has 4 heteroatoms. The van der Waals surface area contributed by atoms with Gasteiger partial charge in [-0.15, -0.1) is 6.42 Å². The van der Waals surface area contributed by atoms with E-state index in [1.54, 1.807) is 0 Å². The van der Waals surface area contributed by atoms with E-state index in [4.69, 9.17) is 6.42 Å². The molecule has 2 saturated heterocycles. The Morgan fingerprint density at radius 1 is 1.20 bits per heavy atom. The third-order valence-corrected chi connectivity index (χ3v) is 4.84. The van der Waals surface area contributed by atoms with Crippen molar-refractivity contribution in [2.45, 2.75) is 56.7 Å². The van der Waals surface area contributed by atoms with E-state index in [2.05, 4.69) is 21.0 Å². The molecule has 3 aliphatic rings. The van der Waals surface area contributed by atoms with Gasteiger partial charge in [-0.1, -0.05) is 12.3 Å². The second-order valence-electron chi connectivity index (χ2n) is 6.41. The summed E-state index contributed by atoms with van der Waals surface area (Å²) in [5.41, 5.74) is 0. The van der Waals surface area contributed by atoms with Gasteiger partial charge >= 0.3 is 0 Å². The van der Waals surface area contributed by atoms with Crippen molar-refractivity contribution in [3.05, 3.63) is 0 Å². The summed E-state index contributed by atoms with van der Waals surface area (Å²) in [6, 6.07) is 1.15. The van der Waals surface area contributed by atoms with E-state index in [-0.39, 0.29) is 11.9 Å². The second-order valence-corrected chi connectivity index (χ2v) is 6.41. The van der Waals surface area contributed by atoms with Gasteiger partial charge in [0.05, 0.1) is 12.6 Å². The van der Waals surface area contributed by atoms with Crippen LogP contribution in [0.1, 0.15) is 38.5 Å². The van der Waals surface area contributed by atoms with Crippen molar-refractivity contribution >= 4 is 5.91 Å². The van der Waals surface area contributed by atoms with Crippen LogP contribution in [0, 0.1) is 12.3 Å². The van der Waals surface area contributed by atoms with Crippen LogP contribution in [-0.4, -0.2) is 60.0 Å². The monoisotopic (exact) mass is 275 g/mol. The van der Waals surface area contributed by atoms with Crippen LogP contribution >= 0.6 is 0 Å². The number of terminal acetylenes is 1. The lowest BCUT2D eigenvalue weighted by molar-refractivity contribution is -0.128. The van der Waals surface area contributed by atoms with Gasteiger partial charge < -0.3 is 5.32 Å². The summed E-state index contributed by atoms with van der Waals surface area (Å²) in [5.74, 6) is 2.88. The lowest BCUT2D eigenvalue weighted by Crippen LogP contribution is -2.52. The lowest BCUT2D eigenvalue weighted by atomic mass is 10.0. The molecule has 0 bridgehead atoms. The molecule has 4 nitrogen and oxygen atoms in total. The smallest absolute Gasteiger partial charge is 0.237 e. The van der Waals surface area contributed by atoms with Crippen molar-refractivity contribution in [3.8, 4) is 12.3 Å². The zero-order chi connectivity index (χ0) is 13.9. The van der Waals surface area contributed by atoms with Crippen molar-refractivity contribution in [2.75, 3.05) is 26.2 Å². The summed E-state index contributed by atoms with van der Waals surface area (Å²) >= 11 is 0. The molecule has 110 valence electrons. The van der Waals surface area contributed by atoms with Crippen molar-refractivity contribution < 1.29 is 4.79 Å². The summed E-state index contributed by atoms with van der Waals surface area (Å²) in [5, 5.41) is 3.26. The number of nitrogens with zero attached hydrogens (tertiary/aromatic N) is 2. The molecule has 2 atom stereocenters. The molecule has 0 aromatic rings. The standard InChI is InChI=1S/C16H25N3O/c1-2-9-18-10-4-3-5-15(18)16(20)17-13-8-11-19(12-13)14-6-7-14/h1,13-15H,3-12H2,(H,17,20). The third-order valence-electron chi connectivity index (χ3n) is 4.84. The highest BCUT2D eigenvalue weighted by atomic mass is 16.2. The van der Waals surface area contributed by atoms with Gasteiger partial charge in [0.25, 0.3) is 0 Å². The zero-order valence-corrected chi connectivity index (χ0v) is 12.2. The largest absolute Gasteiger partial charge is 0.351 e. The first-order valence-electron chi connectivity index (χ1n) is 8.00. The Kier molecular flexibility index (Phi) is 4.28. The fraction of sp³-hybridized carbons (Fsp3) is 0.812. The van der Waals surface area contributed by atoms with Crippen LogP contribution in [0.2, 0.25) is 0 Å². The number of carbonyl (C=O) groups is 1. The fourth-order valence-electron chi connectivity index (χ4n) is 3.57. The Morgan fingerprint density at radius 3 is 2.80 bits per heavy atom. The van der Waals surface area contributed by atoms with Crippen LogP contribution in [-0.2, 0) is 4.79 Å². The topological polar surface area (TPSA) is 35.6 Å². The van der Waals surface area contributed by atoms with Crippen molar-refractivity contribution in [3.63, 3.8) is 0 Å². The van der Waals surface area contributed by atoms with Gasteiger partial charge in [-0.25, -0.2) is 0 Å². The molecule has 3 fully saturated rings. The molecule has 2 unspecified atom stereocenters. The maximum absolute atomic E-state index is 12.5. The SMILES string of the molecule is C#CCN1CCCCC1C(=O)NC1CCN(C2CC2)C1.